The van der Waals surface area contributed by atoms with Crippen molar-refractivity contribution in [2.45, 2.75) is 20.1 Å². The van der Waals surface area contributed by atoms with Gasteiger partial charge in [0.2, 0.25) is 0 Å². The largest absolute Gasteiger partial charge is 0.487 e. The maximum atomic E-state index is 9.36. The lowest BCUT2D eigenvalue weighted by Crippen LogP contribution is -2.02. The second kappa shape index (κ2) is 5.89. The molecule has 21 heavy (non-hydrogen) atoms. The predicted octanol–water partition coefficient (Wildman–Crippen LogP) is 3.01. The van der Waals surface area contributed by atoms with Crippen LogP contribution in [0.5, 0.6) is 5.75 Å². The van der Waals surface area contributed by atoms with E-state index in [0.717, 1.165) is 22.2 Å². The van der Waals surface area contributed by atoms with Crippen LogP contribution >= 0.6 is 0 Å². The number of hydrogen-bond donors (Lipinski definition) is 1. The van der Waals surface area contributed by atoms with Crippen LogP contribution in [0.3, 0.4) is 0 Å². The van der Waals surface area contributed by atoms with Gasteiger partial charge in [-0.05, 0) is 31.2 Å². The maximum absolute atomic E-state index is 9.36. The Morgan fingerprint density at radius 3 is 2.81 bits per heavy atom. The van der Waals surface area contributed by atoms with Crippen molar-refractivity contribution < 1.29 is 9.84 Å². The van der Waals surface area contributed by atoms with Crippen LogP contribution in [0.25, 0.3) is 10.9 Å². The molecule has 0 atom stereocenters. The van der Waals surface area contributed by atoms with Gasteiger partial charge in [0, 0.05) is 22.8 Å². The molecule has 2 aromatic heterocycles. The number of para-hydroxylation sites is 1. The first-order valence-corrected chi connectivity index (χ1v) is 6.81. The number of nitrogens with zero attached hydrogens (tertiary/aromatic N) is 2. The number of hydrogen-bond acceptors (Lipinski definition) is 4. The van der Waals surface area contributed by atoms with Gasteiger partial charge in [-0.15, -0.1) is 0 Å². The third-order valence-electron chi connectivity index (χ3n) is 3.34. The first kappa shape index (κ1) is 13.5. The molecule has 0 aliphatic rings. The number of ether oxygens (including phenoxy) is 1. The van der Waals surface area contributed by atoms with Crippen molar-refractivity contribution in [3.05, 3.63) is 65.6 Å². The quantitative estimate of drug-likeness (QED) is 0.798. The van der Waals surface area contributed by atoms with E-state index >= 15 is 0 Å². The molecule has 4 heteroatoms. The van der Waals surface area contributed by atoms with Gasteiger partial charge in [0.05, 0.1) is 12.1 Å². The fourth-order valence-corrected chi connectivity index (χ4v) is 2.28. The van der Waals surface area contributed by atoms with Crippen LogP contribution in [-0.2, 0) is 13.2 Å². The number of aliphatic hydroxyl groups excluding tert-OH is 1. The molecule has 106 valence electrons. The van der Waals surface area contributed by atoms with E-state index in [1.54, 1.807) is 6.20 Å². The highest BCUT2D eigenvalue weighted by molar-refractivity contribution is 5.81. The van der Waals surface area contributed by atoms with E-state index in [2.05, 4.69) is 9.97 Å². The van der Waals surface area contributed by atoms with Crippen molar-refractivity contribution in [2.75, 3.05) is 0 Å². The summed E-state index contributed by atoms with van der Waals surface area (Å²) in [6.07, 6.45) is 1.78. The SMILES string of the molecule is Cc1ccc(OCc2ccnc3ccccc23)c(CO)n1. The van der Waals surface area contributed by atoms with Gasteiger partial charge in [-0.1, -0.05) is 18.2 Å². The Morgan fingerprint density at radius 1 is 1.10 bits per heavy atom. The zero-order chi connectivity index (χ0) is 14.7. The summed E-state index contributed by atoms with van der Waals surface area (Å²) >= 11 is 0. The number of rotatable bonds is 4. The lowest BCUT2D eigenvalue weighted by atomic mass is 10.1. The number of aliphatic hydroxyl groups is 1. The Bertz CT molecular complexity index is 766. The van der Waals surface area contributed by atoms with E-state index < -0.39 is 0 Å². The van der Waals surface area contributed by atoms with E-state index in [9.17, 15) is 5.11 Å². The molecular formula is C17H16N2O2. The third kappa shape index (κ3) is 2.85. The second-order valence-electron chi connectivity index (χ2n) is 4.83. The van der Waals surface area contributed by atoms with E-state index in [0.29, 0.717) is 18.1 Å². The van der Waals surface area contributed by atoms with E-state index in [-0.39, 0.29) is 6.61 Å². The number of benzene rings is 1. The summed E-state index contributed by atoms with van der Waals surface area (Å²) in [6, 6.07) is 13.6. The zero-order valence-corrected chi connectivity index (χ0v) is 11.8. The summed E-state index contributed by atoms with van der Waals surface area (Å²) in [5.74, 6) is 0.615. The molecule has 0 saturated heterocycles. The van der Waals surface area contributed by atoms with Gasteiger partial charge in [-0.25, -0.2) is 0 Å². The van der Waals surface area contributed by atoms with Gasteiger partial charge in [0.15, 0.2) is 0 Å². The van der Waals surface area contributed by atoms with Gasteiger partial charge in [0.25, 0.3) is 0 Å². The molecule has 0 spiro atoms. The Kier molecular flexibility index (Phi) is 3.79. The van der Waals surface area contributed by atoms with Crippen molar-refractivity contribution in [1.29, 1.82) is 0 Å². The first-order chi connectivity index (χ1) is 10.3. The van der Waals surface area contributed by atoms with Crippen LogP contribution in [-0.4, -0.2) is 15.1 Å². The maximum Gasteiger partial charge on any atom is 0.143 e. The van der Waals surface area contributed by atoms with Crippen LogP contribution in [0.1, 0.15) is 17.0 Å². The molecule has 2 heterocycles. The topological polar surface area (TPSA) is 55.2 Å². The monoisotopic (exact) mass is 280 g/mol. The highest BCUT2D eigenvalue weighted by Gasteiger charge is 2.07. The summed E-state index contributed by atoms with van der Waals surface area (Å²) in [7, 11) is 0. The summed E-state index contributed by atoms with van der Waals surface area (Å²) in [4.78, 5) is 8.61. The third-order valence-corrected chi connectivity index (χ3v) is 3.34. The molecule has 0 aliphatic carbocycles. The molecule has 0 saturated carbocycles. The van der Waals surface area contributed by atoms with Gasteiger partial charge in [-0.3, -0.25) is 9.97 Å². The molecule has 0 radical (unpaired) electrons. The minimum absolute atomic E-state index is 0.131. The fourth-order valence-electron chi connectivity index (χ4n) is 2.28. The molecule has 0 fully saturated rings. The van der Waals surface area contributed by atoms with Gasteiger partial charge >= 0.3 is 0 Å². The van der Waals surface area contributed by atoms with Gasteiger partial charge < -0.3 is 9.84 Å². The molecular weight excluding hydrogens is 264 g/mol. The molecule has 0 unspecified atom stereocenters. The average Bonchev–Trinajstić information content (AvgIpc) is 2.53. The summed E-state index contributed by atoms with van der Waals surface area (Å²) < 4.78 is 5.83. The first-order valence-electron chi connectivity index (χ1n) is 6.81. The number of fused-ring (bicyclic) bond motifs is 1. The van der Waals surface area contributed by atoms with Gasteiger partial charge in [0.1, 0.15) is 18.1 Å². The molecule has 0 bridgehead atoms. The minimum Gasteiger partial charge on any atom is -0.487 e. The summed E-state index contributed by atoms with van der Waals surface area (Å²) in [5, 5.41) is 10.4. The predicted molar refractivity (Wildman–Crippen MR) is 81.0 cm³/mol. The molecule has 1 aromatic carbocycles. The highest BCUT2D eigenvalue weighted by atomic mass is 16.5. The van der Waals surface area contributed by atoms with E-state index in [1.165, 1.54) is 0 Å². The Labute approximate surface area is 123 Å². The lowest BCUT2D eigenvalue weighted by Gasteiger charge is -2.11. The average molecular weight is 280 g/mol. The van der Waals surface area contributed by atoms with Crippen molar-refractivity contribution in [1.82, 2.24) is 9.97 Å². The van der Waals surface area contributed by atoms with Crippen molar-refractivity contribution in [3.8, 4) is 5.75 Å². The molecule has 1 N–H and O–H groups in total. The highest BCUT2D eigenvalue weighted by Crippen LogP contribution is 2.21. The summed E-state index contributed by atoms with van der Waals surface area (Å²) in [5.41, 5.74) is 3.43. The van der Waals surface area contributed by atoms with Crippen LogP contribution in [0.4, 0.5) is 0 Å². The van der Waals surface area contributed by atoms with E-state index in [4.69, 9.17) is 4.74 Å². The van der Waals surface area contributed by atoms with Crippen LogP contribution in [0, 0.1) is 6.92 Å². The number of aromatic nitrogens is 2. The number of pyridine rings is 2. The van der Waals surface area contributed by atoms with Crippen molar-refractivity contribution >= 4 is 10.9 Å². The van der Waals surface area contributed by atoms with Crippen molar-refractivity contribution in [3.63, 3.8) is 0 Å². The molecule has 3 rings (SSSR count). The molecule has 0 aliphatic heterocycles. The molecule has 3 aromatic rings. The zero-order valence-electron chi connectivity index (χ0n) is 11.8. The Balaban J connectivity index is 1.87. The standard InChI is InChI=1S/C17H16N2O2/c1-12-6-7-17(16(10-20)19-12)21-11-13-8-9-18-15-5-3-2-4-14(13)15/h2-9,20H,10-11H2,1H3. The van der Waals surface area contributed by atoms with Crippen molar-refractivity contribution in [2.24, 2.45) is 0 Å². The fraction of sp³-hybridized carbons (Fsp3) is 0.176. The van der Waals surface area contributed by atoms with Crippen LogP contribution in [0.15, 0.2) is 48.7 Å². The van der Waals surface area contributed by atoms with Crippen LogP contribution in [0.2, 0.25) is 0 Å². The Morgan fingerprint density at radius 2 is 1.95 bits per heavy atom. The Hall–Kier alpha value is -2.46. The lowest BCUT2D eigenvalue weighted by molar-refractivity contribution is 0.253. The minimum atomic E-state index is -0.131. The second-order valence-corrected chi connectivity index (χ2v) is 4.83. The molecule has 4 nitrogen and oxygen atoms in total. The number of aryl methyl sites for hydroxylation is 1. The summed E-state index contributed by atoms with van der Waals surface area (Å²) in [6.45, 7) is 2.17. The van der Waals surface area contributed by atoms with Gasteiger partial charge in [-0.2, -0.15) is 0 Å². The smallest absolute Gasteiger partial charge is 0.143 e. The van der Waals surface area contributed by atoms with E-state index in [1.807, 2.05) is 49.4 Å². The molecule has 0 amide bonds. The normalized spacial score (nSPS) is 10.8. The van der Waals surface area contributed by atoms with Crippen LogP contribution < -0.4 is 4.74 Å².